The van der Waals surface area contributed by atoms with Crippen LogP contribution < -0.4 is 10.6 Å². The number of anilines is 2. The van der Waals surface area contributed by atoms with Gasteiger partial charge in [0.15, 0.2) is 5.78 Å². The molecule has 0 unspecified atom stereocenters. The third kappa shape index (κ3) is 6.75. The van der Waals surface area contributed by atoms with Crippen molar-refractivity contribution in [2.75, 3.05) is 17.2 Å². The van der Waals surface area contributed by atoms with Crippen molar-refractivity contribution in [2.24, 2.45) is 5.41 Å². The number of hydrogen-bond donors (Lipinski definition) is 2. The van der Waals surface area contributed by atoms with Crippen LogP contribution in [0.3, 0.4) is 0 Å². The molecule has 2 amide bonds. The van der Waals surface area contributed by atoms with Crippen LogP contribution in [0, 0.1) is 19.3 Å². The summed E-state index contributed by atoms with van der Waals surface area (Å²) in [5, 5.41) is 11.2. The Balaban J connectivity index is 1.28. The average Bonchev–Trinajstić information content (AvgIpc) is 3.50. The molecule has 0 radical (unpaired) electrons. The second-order valence-corrected chi connectivity index (χ2v) is 14.2. The number of rotatable bonds is 4. The maximum Gasteiger partial charge on any atom is 0.433 e. The molecule has 12 nitrogen and oxygen atoms in total. The molecule has 2 fully saturated rings. The van der Waals surface area contributed by atoms with E-state index >= 15 is 0 Å². The minimum Gasteiger partial charge on any atom is -0.383 e. The Hall–Kier alpha value is -5.21. The number of pyridine rings is 1. The normalized spacial score (nSPS) is 22.5. The van der Waals surface area contributed by atoms with Crippen LogP contribution in [-0.2, 0) is 27.1 Å². The molecular weight excluding hydrogens is 677 g/mol. The van der Waals surface area contributed by atoms with Gasteiger partial charge in [-0.15, -0.1) is 0 Å². The molecule has 1 saturated carbocycles. The second-order valence-electron chi connectivity index (χ2n) is 14.2. The topological polar surface area (TPSA) is 152 Å². The van der Waals surface area contributed by atoms with Crippen molar-refractivity contribution in [2.45, 2.75) is 96.9 Å². The summed E-state index contributed by atoms with van der Waals surface area (Å²) < 4.78 is 42.0. The van der Waals surface area contributed by atoms with Crippen molar-refractivity contribution in [1.29, 1.82) is 0 Å². The number of halogens is 3. The van der Waals surface area contributed by atoms with Gasteiger partial charge in [-0.3, -0.25) is 23.9 Å². The minimum atomic E-state index is -4.71. The highest BCUT2D eigenvalue weighted by Crippen LogP contribution is 2.62. The second kappa shape index (κ2) is 13.4. The van der Waals surface area contributed by atoms with E-state index in [0.717, 1.165) is 36.5 Å². The van der Waals surface area contributed by atoms with Crippen LogP contribution in [0.5, 0.6) is 0 Å². The zero-order chi connectivity index (χ0) is 36.9. The number of alkyl halides is 3. The van der Waals surface area contributed by atoms with E-state index in [2.05, 4.69) is 30.7 Å². The van der Waals surface area contributed by atoms with Gasteiger partial charge in [0.05, 0.1) is 11.2 Å². The molecule has 0 spiro atoms. The van der Waals surface area contributed by atoms with Gasteiger partial charge < -0.3 is 15.5 Å². The predicted octanol–water partition coefficient (Wildman–Crippen LogP) is 6.06. The Morgan fingerprint density at radius 1 is 1.00 bits per heavy atom. The van der Waals surface area contributed by atoms with Gasteiger partial charge in [-0.05, 0) is 80.7 Å². The third-order valence-corrected chi connectivity index (χ3v) is 10.6. The number of carbonyl (C=O) groups excluding carboxylic acids is 4. The summed E-state index contributed by atoms with van der Waals surface area (Å²) >= 11 is 0. The molecule has 3 atom stereocenters. The fraction of sp³-hybridized carbons (Fsp3) is 0.459. The smallest absolute Gasteiger partial charge is 0.383 e. The van der Waals surface area contributed by atoms with Gasteiger partial charge in [0.2, 0.25) is 11.8 Å². The minimum absolute atomic E-state index is 0.124. The first-order valence-electron chi connectivity index (χ1n) is 17.5. The largest absolute Gasteiger partial charge is 0.433 e. The summed E-state index contributed by atoms with van der Waals surface area (Å²) in [6, 6.07) is 4.46. The van der Waals surface area contributed by atoms with E-state index in [-0.39, 0.29) is 42.1 Å². The van der Waals surface area contributed by atoms with Gasteiger partial charge in [-0.25, -0.2) is 15.0 Å². The first-order chi connectivity index (χ1) is 24.7. The first kappa shape index (κ1) is 35.2. The number of aromatic nitrogens is 5. The predicted molar refractivity (Wildman–Crippen MR) is 185 cm³/mol. The van der Waals surface area contributed by atoms with Crippen LogP contribution in [-0.4, -0.2) is 71.6 Å². The van der Waals surface area contributed by atoms with Crippen LogP contribution >= 0.6 is 0 Å². The fourth-order valence-corrected chi connectivity index (χ4v) is 7.70. The molecule has 5 heterocycles. The molecule has 1 aliphatic carbocycles. The lowest BCUT2D eigenvalue weighted by Gasteiger charge is -2.27. The number of aryl methyl sites for hydroxylation is 2. The SMILES string of the molecule is CC(=O)c1nn2c3c(cc(-c4cnc(C)nc4)cc13)NCCCCCC(=O)CC[C@@]13C[C@@H](C(=O)Nc4nc(C(F)(F)F)ccc4C)N(C(=O)C2)[C@@H]1C3. The number of Topliss-reactive ketones (excluding diaryl/α,β-unsaturated/α-hetero) is 2. The molecule has 2 aliphatic heterocycles. The Bertz CT molecular complexity index is 2100. The van der Waals surface area contributed by atoms with Crippen LogP contribution in [0.15, 0.2) is 36.7 Å². The number of piperidine rings is 1. The lowest BCUT2D eigenvalue weighted by molar-refractivity contribution is -0.141. The van der Waals surface area contributed by atoms with Crippen molar-refractivity contribution < 1.29 is 32.3 Å². The maximum atomic E-state index is 14.4. The van der Waals surface area contributed by atoms with Gasteiger partial charge in [-0.1, -0.05) is 12.5 Å². The van der Waals surface area contributed by atoms with Crippen LogP contribution in [0.2, 0.25) is 0 Å². The van der Waals surface area contributed by atoms with Crippen LogP contribution in [0.25, 0.3) is 22.0 Å². The highest BCUT2D eigenvalue weighted by atomic mass is 19.4. The highest BCUT2D eigenvalue weighted by molar-refractivity contribution is 6.09. The average molecular weight is 717 g/mol. The van der Waals surface area contributed by atoms with E-state index in [0.29, 0.717) is 60.2 Å². The molecule has 1 aromatic carbocycles. The van der Waals surface area contributed by atoms with Crippen LogP contribution in [0.1, 0.15) is 85.9 Å². The molecule has 4 aromatic rings. The number of benzene rings is 1. The summed E-state index contributed by atoms with van der Waals surface area (Å²) in [5.41, 5.74) is 1.56. The number of ketones is 2. The van der Waals surface area contributed by atoms with E-state index in [9.17, 15) is 32.3 Å². The monoisotopic (exact) mass is 716 g/mol. The number of hydrogen-bond acceptors (Lipinski definition) is 9. The van der Waals surface area contributed by atoms with Crippen molar-refractivity contribution in [1.82, 2.24) is 29.6 Å². The fourth-order valence-electron chi connectivity index (χ4n) is 7.70. The Morgan fingerprint density at radius 2 is 1.77 bits per heavy atom. The summed E-state index contributed by atoms with van der Waals surface area (Å²) in [5.74, 6) is -0.890. The zero-order valence-electron chi connectivity index (χ0n) is 29.1. The maximum absolute atomic E-state index is 14.4. The van der Waals surface area contributed by atoms with E-state index in [1.165, 1.54) is 29.5 Å². The number of nitrogens with one attached hydrogen (secondary N) is 2. The van der Waals surface area contributed by atoms with Crippen molar-refractivity contribution >= 4 is 45.8 Å². The molecule has 15 heteroatoms. The van der Waals surface area contributed by atoms with Crippen molar-refractivity contribution in [3.63, 3.8) is 0 Å². The van der Waals surface area contributed by atoms with Gasteiger partial charge >= 0.3 is 6.18 Å². The number of amides is 2. The molecule has 3 aromatic heterocycles. The lowest BCUT2D eigenvalue weighted by atomic mass is 9.91. The van der Waals surface area contributed by atoms with Gasteiger partial charge in [0.1, 0.15) is 41.4 Å². The van der Waals surface area contributed by atoms with E-state index in [1.54, 1.807) is 19.3 Å². The van der Waals surface area contributed by atoms with E-state index < -0.39 is 35.1 Å². The zero-order valence-corrected chi connectivity index (χ0v) is 29.1. The lowest BCUT2D eigenvalue weighted by Crippen LogP contribution is -2.47. The molecule has 52 heavy (non-hydrogen) atoms. The molecular formula is C37H39F3N8O4. The Morgan fingerprint density at radius 3 is 2.50 bits per heavy atom. The van der Waals surface area contributed by atoms with Crippen LogP contribution in [0.4, 0.5) is 24.7 Å². The van der Waals surface area contributed by atoms with Crippen molar-refractivity contribution in [3.05, 3.63) is 59.4 Å². The van der Waals surface area contributed by atoms with E-state index in [1.807, 2.05) is 12.1 Å². The summed E-state index contributed by atoms with van der Waals surface area (Å²) in [6.07, 6.45) is 3.11. The number of carbonyl (C=O) groups is 4. The third-order valence-electron chi connectivity index (χ3n) is 10.6. The highest BCUT2D eigenvalue weighted by Gasteiger charge is 2.66. The summed E-state index contributed by atoms with van der Waals surface area (Å²) in [6.45, 7) is 4.99. The summed E-state index contributed by atoms with van der Waals surface area (Å²) in [4.78, 5) is 68.1. The van der Waals surface area contributed by atoms with Gasteiger partial charge in [0.25, 0.3) is 0 Å². The van der Waals surface area contributed by atoms with Crippen molar-refractivity contribution in [3.8, 4) is 11.1 Å². The number of nitrogens with zero attached hydrogens (tertiary/aromatic N) is 6. The summed E-state index contributed by atoms with van der Waals surface area (Å²) in [7, 11) is 0. The first-order valence-corrected chi connectivity index (χ1v) is 17.5. The Kier molecular flexibility index (Phi) is 9.07. The van der Waals surface area contributed by atoms with Gasteiger partial charge in [0, 0.05) is 55.7 Å². The molecule has 1 saturated heterocycles. The molecule has 7 rings (SSSR count). The quantitative estimate of drug-likeness (QED) is 0.240. The molecule has 272 valence electrons. The molecule has 2 N–H and O–H groups in total. The Labute approximate surface area is 297 Å². The molecule has 3 aliphatic rings. The van der Waals surface area contributed by atoms with Gasteiger partial charge in [-0.2, -0.15) is 18.3 Å². The van der Waals surface area contributed by atoms with E-state index in [4.69, 9.17) is 0 Å². The standard InChI is InChI=1S/C37H39F3N8O4/c1-20-8-9-29(37(38,39)40)44-34(20)45-35(52)28-15-36-11-10-25(50)7-5-4-6-12-41-27-14-23(24-17-42-22(3)43-18-24)13-26-32(21(2)49)46-47(33(26)27)19-31(51)48(28)30(36)16-36/h8-9,13-14,17-18,28,30,41H,4-7,10-12,15-16,19H2,1-3H3,(H,44,45,52)/t28-,30+,36-/m0/s1. The molecule has 2 bridgehead atoms.